The average Bonchev–Trinajstić information content (AvgIpc) is 3.20. The lowest BCUT2D eigenvalue weighted by atomic mass is 10.0. The molecule has 0 saturated carbocycles. The van der Waals surface area contributed by atoms with E-state index in [1.54, 1.807) is 6.20 Å². The van der Waals surface area contributed by atoms with E-state index >= 15 is 0 Å². The average molecular weight is 355 g/mol. The number of aromatic nitrogens is 2. The lowest BCUT2D eigenvalue weighted by Gasteiger charge is -2.11. The van der Waals surface area contributed by atoms with Crippen LogP contribution in [0.4, 0.5) is 0 Å². The zero-order valence-electron chi connectivity index (χ0n) is 15.0. The summed E-state index contributed by atoms with van der Waals surface area (Å²) in [7, 11) is 0. The van der Waals surface area contributed by atoms with Crippen molar-refractivity contribution in [2.45, 2.75) is 19.5 Å². The van der Waals surface area contributed by atoms with Gasteiger partial charge in [-0.25, -0.2) is 0 Å². The molecule has 0 saturated heterocycles. The van der Waals surface area contributed by atoms with Crippen LogP contribution in [0.25, 0.3) is 10.8 Å². The molecule has 4 nitrogen and oxygen atoms in total. The number of rotatable bonds is 6. The zero-order valence-corrected chi connectivity index (χ0v) is 15.0. The molecule has 1 N–H and O–H groups in total. The number of fused-ring (bicyclic) bond motifs is 1. The molecule has 0 atom stereocenters. The van der Waals surface area contributed by atoms with Crippen molar-refractivity contribution in [1.82, 2.24) is 15.1 Å². The third kappa shape index (κ3) is 4.23. The minimum absolute atomic E-state index is 0.0270. The number of amides is 1. The first-order valence-electron chi connectivity index (χ1n) is 9.06. The van der Waals surface area contributed by atoms with E-state index in [1.165, 1.54) is 5.39 Å². The number of hydrogen-bond acceptors (Lipinski definition) is 2. The maximum atomic E-state index is 12.4. The van der Waals surface area contributed by atoms with Crippen molar-refractivity contribution >= 4 is 16.7 Å². The van der Waals surface area contributed by atoms with Crippen molar-refractivity contribution in [3.63, 3.8) is 0 Å². The number of hydrogen-bond donors (Lipinski definition) is 1. The van der Waals surface area contributed by atoms with E-state index < -0.39 is 0 Å². The molecule has 0 unspecified atom stereocenters. The third-order valence-corrected chi connectivity index (χ3v) is 4.66. The standard InChI is InChI=1S/C23H21N3O/c27-23(15-18-10-11-19-6-1-2-7-20(19)14-18)24-16-21-8-3-4-9-22(21)17-26-13-5-12-25-26/h1-14H,15-17H2,(H,24,27). The number of carbonyl (C=O) groups is 1. The summed E-state index contributed by atoms with van der Waals surface area (Å²) in [6.45, 7) is 1.22. The van der Waals surface area contributed by atoms with Gasteiger partial charge in [-0.1, -0.05) is 66.7 Å². The van der Waals surface area contributed by atoms with Crippen LogP contribution < -0.4 is 5.32 Å². The van der Waals surface area contributed by atoms with Gasteiger partial charge in [0.25, 0.3) is 0 Å². The molecule has 0 spiro atoms. The molecule has 4 aromatic rings. The number of benzene rings is 3. The molecule has 0 radical (unpaired) electrons. The molecule has 0 aliphatic carbocycles. The highest BCUT2D eigenvalue weighted by atomic mass is 16.1. The Kier molecular flexibility index (Phi) is 4.97. The second-order valence-corrected chi connectivity index (χ2v) is 6.61. The van der Waals surface area contributed by atoms with Crippen LogP contribution in [0.1, 0.15) is 16.7 Å². The number of carbonyl (C=O) groups excluding carboxylic acids is 1. The molecule has 4 heteroatoms. The number of nitrogens with one attached hydrogen (secondary N) is 1. The van der Waals surface area contributed by atoms with E-state index in [2.05, 4.69) is 46.8 Å². The molecule has 0 aliphatic rings. The highest BCUT2D eigenvalue weighted by Gasteiger charge is 2.07. The van der Waals surface area contributed by atoms with Crippen molar-refractivity contribution in [1.29, 1.82) is 0 Å². The van der Waals surface area contributed by atoms with Gasteiger partial charge in [0.2, 0.25) is 5.91 Å². The molecule has 0 aliphatic heterocycles. The van der Waals surface area contributed by atoms with Crippen LogP contribution in [0.3, 0.4) is 0 Å². The van der Waals surface area contributed by atoms with Crippen molar-refractivity contribution in [2.24, 2.45) is 0 Å². The van der Waals surface area contributed by atoms with E-state index in [1.807, 2.05) is 47.3 Å². The van der Waals surface area contributed by atoms with Crippen molar-refractivity contribution in [3.8, 4) is 0 Å². The summed E-state index contributed by atoms with van der Waals surface area (Å²) in [5.41, 5.74) is 3.29. The van der Waals surface area contributed by atoms with Gasteiger partial charge in [0.15, 0.2) is 0 Å². The van der Waals surface area contributed by atoms with E-state index in [9.17, 15) is 4.79 Å². The largest absolute Gasteiger partial charge is 0.352 e. The molecule has 4 rings (SSSR count). The second-order valence-electron chi connectivity index (χ2n) is 6.61. The highest BCUT2D eigenvalue weighted by molar-refractivity contribution is 5.85. The Hall–Kier alpha value is -3.40. The molecular weight excluding hydrogens is 334 g/mol. The van der Waals surface area contributed by atoms with Crippen LogP contribution in [0.5, 0.6) is 0 Å². The highest BCUT2D eigenvalue weighted by Crippen LogP contribution is 2.16. The van der Waals surface area contributed by atoms with Gasteiger partial charge in [0, 0.05) is 18.9 Å². The Morgan fingerprint density at radius 3 is 2.48 bits per heavy atom. The topological polar surface area (TPSA) is 46.9 Å². The Morgan fingerprint density at radius 1 is 0.889 bits per heavy atom. The van der Waals surface area contributed by atoms with Gasteiger partial charge in [-0.3, -0.25) is 9.48 Å². The fraction of sp³-hybridized carbons (Fsp3) is 0.130. The Balaban J connectivity index is 1.40. The molecule has 0 fully saturated rings. The molecule has 1 aromatic heterocycles. The molecule has 0 bridgehead atoms. The molecule has 134 valence electrons. The lowest BCUT2D eigenvalue weighted by Crippen LogP contribution is -2.25. The van der Waals surface area contributed by atoms with Crippen molar-refractivity contribution in [3.05, 3.63) is 102 Å². The quantitative estimate of drug-likeness (QED) is 0.569. The van der Waals surface area contributed by atoms with E-state index in [0.29, 0.717) is 19.5 Å². The Labute approximate surface area is 158 Å². The first kappa shape index (κ1) is 17.0. The van der Waals surface area contributed by atoms with Gasteiger partial charge in [-0.2, -0.15) is 5.10 Å². The van der Waals surface area contributed by atoms with Crippen LogP contribution >= 0.6 is 0 Å². The minimum atomic E-state index is 0.0270. The molecule has 1 amide bonds. The van der Waals surface area contributed by atoms with Gasteiger partial charge in [0.1, 0.15) is 0 Å². The second kappa shape index (κ2) is 7.87. The summed E-state index contributed by atoms with van der Waals surface area (Å²) in [6.07, 6.45) is 4.09. The van der Waals surface area contributed by atoms with Crippen LogP contribution in [0.15, 0.2) is 85.2 Å². The first-order valence-corrected chi connectivity index (χ1v) is 9.06. The summed E-state index contributed by atoms with van der Waals surface area (Å²) in [6, 6.07) is 24.4. The number of nitrogens with zero attached hydrogens (tertiary/aromatic N) is 2. The van der Waals surface area contributed by atoms with E-state index in [4.69, 9.17) is 0 Å². The van der Waals surface area contributed by atoms with Crippen LogP contribution in [-0.2, 0) is 24.3 Å². The zero-order chi connectivity index (χ0) is 18.5. The summed E-state index contributed by atoms with van der Waals surface area (Å²) in [5.74, 6) is 0.0270. The predicted octanol–water partition coefficient (Wildman–Crippen LogP) is 3.94. The minimum Gasteiger partial charge on any atom is -0.352 e. The Bertz CT molecular complexity index is 1050. The van der Waals surface area contributed by atoms with E-state index in [-0.39, 0.29) is 5.91 Å². The monoisotopic (exact) mass is 355 g/mol. The van der Waals surface area contributed by atoms with Crippen molar-refractivity contribution in [2.75, 3.05) is 0 Å². The third-order valence-electron chi connectivity index (χ3n) is 4.66. The SMILES string of the molecule is O=C(Cc1ccc2ccccc2c1)NCc1ccccc1Cn1cccn1. The van der Waals surface area contributed by atoms with Gasteiger partial charge in [0.05, 0.1) is 13.0 Å². The van der Waals surface area contributed by atoms with Crippen molar-refractivity contribution < 1.29 is 4.79 Å². The van der Waals surface area contributed by atoms with Crippen LogP contribution in [-0.4, -0.2) is 15.7 Å². The fourth-order valence-electron chi connectivity index (χ4n) is 3.24. The smallest absolute Gasteiger partial charge is 0.224 e. The summed E-state index contributed by atoms with van der Waals surface area (Å²) >= 11 is 0. The van der Waals surface area contributed by atoms with Crippen LogP contribution in [0, 0.1) is 0 Å². The summed E-state index contributed by atoms with van der Waals surface area (Å²) in [4.78, 5) is 12.4. The molecular formula is C23H21N3O. The maximum absolute atomic E-state index is 12.4. The molecule has 1 heterocycles. The Morgan fingerprint density at radius 2 is 1.67 bits per heavy atom. The summed E-state index contributed by atoms with van der Waals surface area (Å²) in [5, 5.41) is 9.65. The first-order chi connectivity index (χ1) is 13.3. The van der Waals surface area contributed by atoms with Crippen LogP contribution in [0.2, 0.25) is 0 Å². The van der Waals surface area contributed by atoms with Gasteiger partial charge in [-0.15, -0.1) is 0 Å². The molecule has 3 aromatic carbocycles. The van der Waals surface area contributed by atoms with E-state index in [0.717, 1.165) is 22.1 Å². The normalized spacial score (nSPS) is 10.8. The summed E-state index contributed by atoms with van der Waals surface area (Å²) < 4.78 is 1.88. The van der Waals surface area contributed by atoms with Gasteiger partial charge < -0.3 is 5.32 Å². The van der Waals surface area contributed by atoms with Gasteiger partial charge >= 0.3 is 0 Å². The molecule has 27 heavy (non-hydrogen) atoms. The maximum Gasteiger partial charge on any atom is 0.224 e. The predicted molar refractivity (Wildman–Crippen MR) is 107 cm³/mol. The fourth-order valence-corrected chi connectivity index (χ4v) is 3.24. The van der Waals surface area contributed by atoms with Gasteiger partial charge in [-0.05, 0) is 33.5 Å². The lowest BCUT2D eigenvalue weighted by molar-refractivity contribution is -0.120.